The summed E-state index contributed by atoms with van der Waals surface area (Å²) in [4.78, 5) is 11.3. The maximum absolute atomic E-state index is 12.7. The quantitative estimate of drug-likeness (QED) is 0.840. The van der Waals surface area contributed by atoms with Crippen LogP contribution in [0.4, 0.5) is 13.2 Å². The number of carbonyl (C=O) groups excluding carboxylic acids is 1. The summed E-state index contributed by atoms with van der Waals surface area (Å²) in [5, 5.41) is 2.72. The van der Waals surface area contributed by atoms with Crippen molar-refractivity contribution in [2.75, 3.05) is 6.61 Å². The molecule has 1 unspecified atom stereocenters. The Morgan fingerprint density at radius 1 is 1.37 bits per heavy atom. The van der Waals surface area contributed by atoms with E-state index in [1.165, 1.54) is 18.2 Å². The zero-order valence-electron chi connectivity index (χ0n) is 10.8. The van der Waals surface area contributed by atoms with Crippen LogP contribution in [0, 0.1) is 0 Å². The van der Waals surface area contributed by atoms with E-state index in [0.29, 0.717) is 0 Å². The molecule has 0 saturated heterocycles. The molecular weight excluding hydrogens is 259 g/mol. The molecule has 0 aliphatic carbocycles. The molecule has 1 aromatic rings. The van der Waals surface area contributed by atoms with Gasteiger partial charge in [0.25, 0.3) is 0 Å². The summed E-state index contributed by atoms with van der Waals surface area (Å²) in [5.41, 5.74) is -0.593. The molecule has 0 heterocycles. The minimum atomic E-state index is -4.40. The van der Waals surface area contributed by atoms with Gasteiger partial charge >= 0.3 is 12.1 Å². The standard InChI is InChI=1S/C13H16F3NO2/c1-3-19-12(18)9(2)17-8-10-6-4-5-7-11(10)13(14,15)16/h4-7,9,17H,3,8H2,1-2H3. The van der Waals surface area contributed by atoms with Crippen LogP contribution >= 0.6 is 0 Å². The first-order valence-electron chi connectivity index (χ1n) is 5.91. The molecule has 0 fully saturated rings. The molecule has 0 aliphatic rings. The van der Waals surface area contributed by atoms with Gasteiger partial charge in [-0.15, -0.1) is 0 Å². The Hall–Kier alpha value is -1.56. The number of alkyl halides is 3. The van der Waals surface area contributed by atoms with E-state index in [1.807, 2.05) is 0 Å². The predicted molar refractivity (Wildman–Crippen MR) is 64.4 cm³/mol. The van der Waals surface area contributed by atoms with Crippen LogP contribution in [0.3, 0.4) is 0 Å². The number of rotatable bonds is 5. The average molecular weight is 275 g/mol. The van der Waals surface area contributed by atoms with E-state index >= 15 is 0 Å². The predicted octanol–water partition coefficient (Wildman–Crippen LogP) is 2.75. The van der Waals surface area contributed by atoms with Crippen molar-refractivity contribution in [3.63, 3.8) is 0 Å². The third-order valence-electron chi connectivity index (χ3n) is 2.56. The maximum Gasteiger partial charge on any atom is 0.416 e. The summed E-state index contributed by atoms with van der Waals surface area (Å²) in [6, 6.07) is 4.61. The van der Waals surface area contributed by atoms with Crippen molar-refractivity contribution in [1.29, 1.82) is 0 Å². The van der Waals surface area contributed by atoms with Crippen LogP contribution in [0.1, 0.15) is 25.0 Å². The molecule has 19 heavy (non-hydrogen) atoms. The summed E-state index contributed by atoms with van der Waals surface area (Å²) in [6.45, 7) is 3.41. The Balaban J connectivity index is 2.71. The van der Waals surface area contributed by atoms with Gasteiger partial charge in [0.05, 0.1) is 12.2 Å². The Morgan fingerprint density at radius 3 is 2.58 bits per heavy atom. The molecule has 0 radical (unpaired) electrons. The van der Waals surface area contributed by atoms with Crippen molar-refractivity contribution in [2.24, 2.45) is 0 Å². The number of hydrogen-bond acceptors (Lipinski definition) is 3. The van der Waals surface area contributed by atoms with Gasteiger partial charge < -0.3 is 10.1 Å². The molecule has 0 spiro atoms. The SMILES string of the molecule is CCOC(=O)C(C)NCc1ccccc1C(F)(F)F. The van der Waals surface area contributed by atoms with Crippen molar-refractivity contribution >= 4 is 5.97 Å². The van der Waals surface area contributed by atoms with Crippen LogP contribution in [-0.4, -0.2) is 18.6 Å². The number of nitrogens with one attached hydrogen (secondary N) is 1. The zero-order chi connectivity index (χ0) is 14.5. The highest BCUT2D eigenvalue weighted by molar-refractivity contribution is 5.75. The molecule has 1 N–H and O–H groups in total. The van der Waals surface area contributed by atoms with Gasteiger partial charge in [-0.1, -0.05) is 18.2 Å². The lowest BCUT2D eigenvalue weighted by molar-refractivity contribution is -0.145. The molecule has 0 aliphatic heterocycles. The van der Waals surface area contributed by atoms with Crippen LogP contribution in [0.5, 0.6) is 0 Å². The largest absolute Gasteiger partial charge is 0.465 e. The van der Waals surface area contributed by atoms with Gasteiger partial charge in [-0.25, -0.2) is 0 Å². The van der Waals surface area contributed by atoms with Gasteiger partial charge in [-0.3, -0.25) is 4.79 Å². The van der Waals surface area contributed by atoms with Crippen molar-refractivity contribution in [3.8, 4) is 0 Å². The second kappa shape index (κ2) is 6.56. The van der Waals surface area contributed by atoms with Crippen LogP contribution in [0.2, 0.25) is 0 Å². The molecule has 1 aromatic carbocycles. The fourth-order valence-corrected chi connectivity index (χ4v) is 1.56. The van der Waals surface area contributed by atoms with E-state index < -0.39 is 23.8 Å². The number of ether oxygens (including phenoxy) is 1. The van der Waals surface area contributed by atoms with Gasteiger partial charge in [0.15, 0.2) is 0 Å². The Bertz CT molecular complexity index is 432. The van der Waals surface area contributed by atoms with Crippen LogP contribution in [0.15, 0.2) is 24.3 Å². The first kappa shape index (κ1) is 15.5. The van der Waals surface area contributed by atoms with Crippen molar-refractivity contribution in [1.82, 2.24) is 5.32 Å². The molecule has 6 heteroatoms. The topological polar surface area (TPSA) is 38.3 Å². The third-order valence-corrected chi connectivity index (χ3v) is 2.56. The molecule has 0 saturated carbocycles. The van der Waals surface area contributed by atoms with Crippen molar-refractivity contribution in [2.45, 2.75) is 32.6 Å². The minimum Gasteiger partial charge on any atom is -0.465 e. The highest BCUT2D eigenvalue weighted by atomic mass is 19.4. The van der Waals surface area contributed by atoms with E-state index in [2.05, 4.69) is 5.32 Å². The summed E-state index contributed by atoms with van der Waals surface area (Å²) < 4.78 is 43.0. The van der Waals surface area contributed by atoms with E-state index in [0.717, 1.165) is 6.07 Å². The molecule has 0 aromatic heterocycles. The molecule has 1 rings (SSSR count). The normalized spacial score (nSPS) is 13.1. The van der Waals surface area contributed by atoms with E-state index in [-0.39, 0.29) is 18.7 Å². The fraction of sp³-hybridized carbons (Fsp3) is 0.462. The monoisotopic (exact) mass is 275 g/mol. The first-order valence-corrected chi connectivity index (χ1v) is 5.91. The smallest absolute Gasteiger partial charge is 0.416 e. The first-order chi connectivity index (χ1) is 8.86. The van der Waals surface area contributed by atoms with Crippen LogP contribution < -0.4 is 5.32 Å². The van der Waals surface area contributed by atoms with Gasteiger partial charge in [0.1, 0.15) is 6.04 Å². The van der Waals surface area contributed by atoms with Crippen LogP contribution in [-0.2, 0) is 22.3 Å². The lowest BCUT2D eigenvalue weighted by Crippen LogP contribution is -2.35. The van der Waals surface area contributed by atoms with Gasteiger partial charge in [-0.05, 0) is 25.5 Å². The lowest BCUT2D eigenvalue weighted by atomic mass is 10.1. The Labute approximate surface area is 109 Å². The summed E-state index contributed by atoms with van der Waals surface area (Å²) in [6.07, 6.45) is -4.40. The average Bonchev–Trinajstić information content (AvgIpc) is 2.35. The molecule has 3 nitrogen and oxygen atoms in total. The zero-order valence-corrected chi connectivity index (χ0v) is 10.8. The fourth-order valence-electron chi connectivity index (χ4n) is 1.56. The number of hydrogen-bond donors (Lipinski definition) is 1. The number of esters is 1. The summed E-state index contributed by atoms with van der Waals surface area (Å²) >= 11 is 0. The number of benzene rings is 1. The highest BCUT2D eigenvalue weighted by Gasteiger charge is 2.32. The second-order valence-corrected chi connectivity index (χ2v) is 4.01. The molecular formula is C13H16F3NO2. The van der Waals surface area contributed by atoms with E-state index in [4.69, 9.17) is 4.74 Å². The lowest BCUT2D eigenvalue weighted by Gasteiger charge is -2.16. The van der Waals surface area contributed by atoms with E-state index in [9.17, 15) is 18.0 Å². The van der Waals surface area contributed by atoms with Gasteiger partial charge in [0.2, 0.25) is 0 Å². The number of carbonyl (C=O) groups is 1. The Kier molecular flexibility index (Phi) is 5.35. The second-order valence-electron chi connectivity index (χ2n) is 4.01. The number of halogens is 3. The highest BCUT2D eigenvalue weighted by Crippen LogP contribution is 2.31. The molecule has 1 atom stereocenters. The van der Waals surface area contributed by atoms with Crippen molar-refractivity contribution in [3.05, 3.63) is 35.4 Å². The van der Waals surface area contributed by atoms with Crippen LogP contribution in [0.25, 0.3) is 0 Å². The summed E-state index contributed by atoms with van der Waals surface area (Å²) in [7, 11) is 0. The van der Waals surface area contributed by atoms with Gasteiger partial charge in [-0.2, -0.15) is 13.2 Å². The van der Waals surface area contributed by atoms with Gasteiger partial charge in [0, 0.05) is 6.54 Å². The minimum absolute atomic E-state index is 0.0460. The van der Waals surface area contributed by atoms with Crippen molar-refractivity contribution < 1.29 is 22.7 Å². The molecule has 106 valence electrons. The third kappa shape index (κ3) is 4.55. The summed E-state index contributed by atoms with van der Waals surface area (Å²) in [5.74, 6) is -0.480. The molecule has 0 amide bonds. The Morgan fingerprint density at radius 2 is 2.00 bits per heavy atom. The van der Waals surface area contributed by atoms with E-state index in [1.54, 1.807) is 13.8 Å². The molecule has 0 bridgehead atoms. The maximum atomic E-state index is 12.7.